The minimum atomic E-state index is -3.48. The zero-order chi connectivity index (χ0) is 14.8. The van der Waals surface area contributed by atoms with E-state index in [0.29, 0.717) is 17.8 Å². The molecule has 0 radical (unpaired) electrons. The van der Waals surface area contributed by atoms with E-state index in [9.17, 15) is 13.2 Å². The first-order valence-electron chi connectivity index (χ1n) is 6.03. The van der Waals surface area contributed by atoms with Gasteiger partial charge in [0.05, 0.1) is 5.69 Å². The van der Waals surface area contributed by atoms with Gasteiger partial charge in [-0.3, -0.25) is 4.79 Å². The topological polar surface area (TPSA) is 91.9 Å². The molecule has 0 aliphatic rings. The van der Waals surface area contributed by atoms with E-state index in [1.165, 1.54) is 6.07 Å². The number of thiophene rings is 1. The highest BCUT2D eigenvalue weighted by molar-refractivity contribution is 7.91. The van der Waals surface area contributed by atoms with Crippen LogP contribution in [0.5, 0.6) is 0 Å². The number of H-pyrrole nitrogens is 1. The van der Waals surface area contributed by atoms with Crippen LogP contribution in [0.25, 0.3) is 11.3 Å². The predicted octanol–water partition coefficient (Wildman–Crippen LogP) is 1.43. The normalized spacial score (nSPS) is 11.9. The third-order valence-corrected chi connectivity index (χ3v) is 5.36. The molecule has 108 valence electrons. The molecule has 0 aliphatic carbocycles. The Kier molecular flexibility index (Phi) is 4.36. The van der Waals surface area contributed by atoms with Crippen LogP contribution in [-0.2, 0) is 10.0 Å². The Labute approximate surface area is 120 Å². The first kappa shape index (κ1) is 14.9. The molecule has 2 aromatic rings. The molecule has 0 bridgehead atoms. The summed E-state index contributed by atoms with van der Waals surface area (Å²) in [5.74, 6) is 0.241. The van der Waals surface area contributed by atoms with Gasteiger partial charge in [-0.15, -0.1) is 11.3 Å². The van der Waals surface area contributed by atoms with Crippen molar-refractivity contribution < 1.29 is 8.42 Å². The molecule has 0 aromatic carbocycles. The smallest absolute Gasteiger partial charge is 0.264 e. The van der Waals surface area contributed by atoms with Crippen LogP contribution in [0, 0.1) is 5.92 Å². The maximum absolute atomic E-state index is 12.1. The van der Waals surface area contributed by atoms with E-state index in [1.54, 1.807) is 17.5 Å². The van der Waals surface area contributed by atoms with Gasteiger partial charge in [0.25, 0.3) is 5.56 Å². The lowest BCUT2D eigenvalue weighted by Gasteiger charge is -2.06. The summed E-state index contributed by atoms with van der Waals surface area (Å²) in [5.41, 5.74) is 0.901. The van der Waals surface area contributed by atoms with Crippen molar-refractivity contribution in [3.8, 4) is 11.3 Å². The molecule has 0 spiro atoms. The van der Waals surface area contributed by atoms with Crippen molar-refractivity contribution in [2.45, 2.75) is 18.1 Å². The summed E-state index contributed by atoms with van der Waals surface area (Å²) in [7, 11) is -3.48. The fourth-order valence-corrected chi connectivity index (χ4v) is 3.88. The SMILES string of the molecule is CC(C)CNS(=O)(=O)c1cc(-c2ccc(=O)[nH]n2)cs1. The standard InChI is InChI=1S/C12H15N3O3S2/c1-8(2)6-13-20(17,18)12-5-9(7-19-12)10-3-4-11(16)15-14-10/h3-5,7-8,13H,6H2,1-2H3,(H,15,16). The van der Waals surface area contributed by atoms with Gasteiger partial charge in [-0.25, -0.2) is 18.2 Å². The molecule has 0 saturated heterocycles. The molecule has 2 heterocycles. The summed E-state index contributed by atoms with van der Waals surface area (Å²) >= 11 is 1.12. The molecule has 0 saturated carbocycles. The van der Waals surface area contributed by atoms with Crippen molar-refractivity contribution >= 4 is 21.4 Å². The zero-order valence-electron chi connectivity index (χ0n) is 11.1. The molecule has 2 rings (SSSR count). The monoisotopic (exact) mass is 313 g/mol. The molecule has 20 heavy (non-hydrogen) atoms. The Hall–Kier alpha value is -1.51. The van der Waals surface area contributed by atoms with Gasteiger partial charge in [0.2, 0.25) is 10.0 Å². The Balaban J connectivity index is 2.24. The summed E-state index contributed by atoms with van der Waals surface area (Å²) in [4.78, 5) is 10.9. The van der Waals surface area contributed by atoms with Gasteiger partial charge in [-0.05, 0) is 18.1 Å². The van der Waals surface area contributed by atoms with Crippen LogP contribution in [0.2, 0.25) is 0 Å². The van der Waals surface area contributed by atoms with E-state index >= 15 is 0 Å². The lowest BCUT2D eigenvalue weighted by molar-refractivity contribution is 0.562. The summed E-state index contributed by atoms with van der Waals surface area (Å²) in [5, 5.41) is 7.89. The molecule has 0 aliphatic heterocycles. The molecule has 0 amide bonds. The van der Waals surface area contributed by atoms with Crippen LogP contribution >= 0.6 is 11.3 Å². The van der Waals surface area contributed by atoms with Crippen LogP contribution < -0.4 is 10.3 Å². The van der Waals surface area contributed by atoms with E-state index in [0.717, 1.165) is 11.3 Å². The van der Waals surface area contributed by atoms with Crippen molar-refractivity contribution in [2.75, 3.05) is 6.54 Å². The minimum absolute atomic E-state index is 0.237. The van der Waals surface area contributed by atoms with Crippen LogP contribution in [0.1, 0.15) is 13.8 Å². The maximum atomic E-state index is 12.1. The first-order chi connectivity index (χ1) is 9.38. The molecule has 2 aromatic heterocycles. The number of hydrogen-bond acceptors (Lipinski definition) is 5. The molecule has 0 unspecified atom stereocenters. The summed E-state index contributed by atoms with van der Waals surface area (Å²) in [6.45, 7) is 4.27. The Bertz CT molecular complexity index is 727. The Morgan fingerprint density at radius 1 is 1.40 bits per heavy atom. The molecule has 2 N–H and O–H groups in total. The van der Waals surface area contributed by atoms with Gasteiger partial charge in [0.1, 0.15) is 4.21 Å². The van der Waals surface area contributed by atoms with E-state index in [2.05, 4.69) is 14.9 Å². The number of aromatic nitrogens is 2. The van der Waals surface area contributed by atoms with Gasteiger partial charge in [-0.1, -0.05) is 13.8 Å². The third kappa shape index (κ3) is 3.53. The van der Waals surface area contributed by atoms with Gasteiger partial charge < -0.3 is 0 Å². The average molecular weight is 313 g/mol. The van der Waals surface area contributed by atoms with Crippen LogP contribution in [-0.4, -0.2) is 25.2 Å². The lowest BCUT2D eigenvalue weighted by Crippen LogP contribution is -2.26. The summed E-state index contributed by atoms with van der Waals surface area (Å²) in [6, 6.07) is 4.46. The van der Waals surface area contributed by atoms with Crippen molar-refractivity contribution in [1.82, 2.24) is 14.9 Å². The van der Waals surface area contributed by atoms with Gasteiger partial charge in [-0.2, -0.15) is 5.10 Å². The fourth-order valence-electron chi connectivity index (χ4n) is 1.44. The fraction of sp³-hybridized carbons (Fsp3) is 0.333. The molecular weight excluding hydrogens is 298 g/mol. The van der Waals surface area contributed by atoms with E-state index in [4.69, 9.17) is 0 Å². The maximum Gasteiger partial charge on any atom is 0.264 e. The molecule has 0 fully saturated rings. The molecule has 0 atom stereocenters. The summed E-state index contributed by atoms with van der Waals surface area (Å²) < 4.78 is 26.9. The van der Waals surface area contributed by atoms with Crippen molar-refractivity contribution in [3.63, 3.8) is 0 Å². The van der Waals surface area contributed by atoms with E-state index in [1.807, 2.05) is 13.8 Å². The van der Waals surface area contributed by atoms with Crippen LogP contribution in [0.4, 0.5) is 0 Å². The molecule has 8 heteroatoms. The number of aromatic amines is 1. The quantitative estimate of drug-likeness (QED) is 0.873. The highest BCUT2D eigenvalue weighted by Gasteiger charge is 2.17. The van der Waals surface area contributed by atoms with E-state index in [-0.39, 0.29) is 15.7 Å². The number of nitrogens with zero attached hydrogens (tertiary/aromatic N) is 1. The largest absolute Gasteiger partial charge is 0.268 e. The third-order valence-electron chi connectivity index (χ3n) is 2.50. The Morgan fingerprint density at radius 2 is 2.15 bits per heavy atom. The highest BCUT2D eigenvalue weighted by atomic mass is 32.2. The predicted molar refractivity (Wildman–Crippen MR) is 78.2 cm³/mol. The average Bonchev–Trinajstić information content (AvgIpc) is 2.88. The van der Waals surface area contributed by atoms with Crippen molar-refractivity contribution in [3.05, 3.63) is 33.9 Å². The number of nitrogens with one attached hydrogen (secondary N) is 2. The van der Waals surface area contributed by atoms with Crippen LogP contribution in [0.3, 0.4) is 0 Å². The second kappa shape index (κ2) is 5.86. The van der Waals surface area contributed by atoms with Gasteiger partial charge in [0, 0.05) is 23.6 Å². The second-order valence-electron chi connectivity index (χ2n) is 4.71. The highest BCUT2D eigenvalue weighted by Crippen LogP contribution is 2.26. The zero-order valence-corrected chi connectivity index (χ0v) is 12.7. The van der Waals surface area contributed by atoms with E-state index < -0.39 is 10.0 Å². The van der Waals surface area contributed by atoms with Gasteiger partial charge in [0.15, 0.2) is 0 Å². The Morgan fingerprint density at radius 3 is 2.75 bits per heavy atom. The lowest BCUT2D eigenvalue weighted by atomic mass is 10.2. The second-order valence-corrected chi connectivity index (χ2v) is 7.61. The minimum Gasteiger partial charge on any atom is -0.268 e. The number of sulfonamides is 1. The molecule has 6 nitrogen and oxygen atoms in total. The van der Waals surface area contributed by atoms with Crippen molar-refractivity contribution in [2.24, 2.45) is 5.92 Å². The number of rotatable bonds is 5. The number of hydrogen-bond donors (Lipinski definition) is 2. The van der Waals surface area contributed by atoms with Gasteiger partial charge >= 0.3 is 0 Å². The van der Waals surface area contributed by atoms with Crippen molar-refractivity contribution in [1.29, 1.82) is 0 Å². The first-order valence-corrected chi connectivity index (χ1v) is 8.39. The van der Waals surface area contributed by atoms with Crippen LogP contribution in [0.15, 0.2) is 32.6 Å². The summed E-state index contributed by atoms with van der Waals surface area (Å²) in [6.07, 6.45) is 0. The molecular formula is C12H15N3O3S2.